The molecular weight excluding hydrogens is 236 g/mol. The van der Waals surface area contributed by atoms with Crippen molar-refractivity contribution in [2.24, 2.45) is 0 Å². The molecule has 2 rings (SSSR count). The van der Waals surface area contributed by atoms with E-state index in [0.717, 1.165) is 5.56 Å². The summed E-state index contributed by atoms with van der Waals surface area (Å²) in [5.41, 5.74) is 1.68. The molecule has 0 bridgehead atoms. The summed E-state index contributed by atoms with van der Waals surface area (Å²) in [6.07, 6.45) is 0. The van der Waals surface area contributed by atoms with Crippen LogP contribution in [0.25, 0.3) is 11.5 Å². The minimum atomic E-state index is -0.659. The molecule has 6 nitrogen and oxygen atoms in total. The average molecular weight is 248 g/mol. The second-order valence-electron chi connectivity index (χ2n) is 3.59. The van der Waals surface area contributed by atoms with Gasteiger partial charge in [-0.2, -0.15) is 0 Å². The van der Waals surface area contributed by atoms with Crippen molar-refractivity contribution < 1.29 is 18.7 Å². The van der Waals surface area contributed by atoms with Crippen molar-refractivity contribution in [3.63, 3.8) is 0 Å². The summed E-state index contributed by atoms with van der Waals surface area (Å²) in [7, 11) is 2.83. The molecule has 0 aliphatic rings. The van der Waals surface area contributed by atoms with Gasteiger partial charge in [0.05, 0.1) is 14.2 Å². The van der Waals surface area contributed by atoms with Crippen LogP contribution in [-0.4, -0.2) is 30.4 Å². The monoisotopic (exact) mass is 248 g/mol. The number of rotatable bonds is 3. The van der Waals surface area contributed by atoms with E-state index in [0.29, 0.717) is 11.3 Å². The van der Waals surface area contributed by atoms with E-state index in [1.165, 1.54) is 7.11 Å². The van der Waals surface area contributed by atoms with Crippen molar-refractivity contribution >= 4 is 5.97 Å². The first-order chi connectivity index (χ1) is 8.65. The first-order valence-corrected chi connectivity index (χ1v) is 5.22. The predicted octanol–water partition coefficient (Wildman–Crippen LogP) is 1.84. The van der Waals surface area contributed by atoms with Crippen LogP contribution in [0, 0.1) is 6.92 Å². The largest absolute Gasteiger partial charge is 0.496 e. The number of esters is 1. The Morgan fingerprint density at radius 1 is 1.28 bits per heavy atom. The van der Waals surface area contributed by atoms with Gasteiger partial charge in [0.1, 0.15) is 5.75 Å². The van der Waals surface area contributed by atoms with E-state index in [1.807, 2.05) is 19.1 Å². The van der Waals surface area contributed by atoms with E-state index >= 15 is 0 Å². The van der Waals surface area contributed by atoms with Crippen LogP contribution in [0.3, 0.4) is 0 Å². The number of carbonyl (C=O) groups excluding carboxylic acids is 1. The molecule has 0 radical (unpaired) electrons. The smallest absolute Gasteiger partial charge is 0.396 e. The lowest BCUT2D eigenvalue weighted by atomic mass is 10.1. The molecule has 18 heavy (non-hydrogen) atoms. The second-order valence-corrected chi connectivity index (χ2v) is 3.59. The van der Waals surface area contributed by atoms with Crippen LogP contribution in [0.1, 0.15) is 16.2 Å². The van der Waals surface area contributed by atoms with Crippen LogP contribution < -0.4 is 4.74 Å². The van der Waals surface area contributed by atoms with Crippen LogP contribution in [-0.2, 0) is 4.74 Å². The Balaban J connectivity index is 2.37. The molecule has 0 amide bonds. The number of methoxy groups -OCH3 is 2. The van der Waals surface area contributed by atoms with Crippen LogP contribution in [0.2, 0.25) is 0 Å². The molecule has 0 saturated heterocycles. The Bertz CT molecular complexity index is 577. The number of hydrogen-bond donors (Lipinski definition) is 0. The lowest BCUT2D eigenvalue weighted by Crippen LogP contribution is -2.00. The summed E-state index contributed by atoms with van der Waals surface area (Å²) >= 11 is 0. The first kappa shape index (κ1) is 12.1. The molecule has 0 saturated carbocycles. The number of nitrogens with zero attached hydrogens (tertiary/aromatic N) is 2. The maximum Gasteiger partial charge on any atom is 0.396 e. The molecule has 1 aromatic carbocycles. The molecule has 0 N–H and O–H groups in total. The molecule has 0 aliphatic heterocycles. The van der Waals surface area contributed by atoms with E-state index in [2.05, 4.69) is 14.9 Å². The van der Waals surface area contributed by atoms with Crippen LogP contribution in [0.5, 0.6) is 5.75 Å². The number of hydrogen-bond acceptors (Lipinski definition) is 6. The van der Waals surface area contributed by atoms with Gasteiger partial charge in [0.2, 0.25) is 5.89 Å². The van der Waals surface area contributed by atoms with E-state index < -0.39 is 5.97 Å². The third-order valence-electron chi connectivity index (χ3n) is 2.44. The maximum atomic E-state index is 11.2. The van der Waals surface area contributed by atoms with Gasteiger partial charge < -0.3 is 13.9 Å². The minimum absolute atomic E-state index is 0.174. The van der Waals surface area contributed by atoms with Crippen molar-refractivity contribution in [1.82, 2.24) is 10.2 Å². The van der Waals surface area contributed by atoms with Gasteiger partial charge in [-0.05, 0) is 24.6 Å². The fourth-order valence-corrected chi connectivity index (χ4v) is 1.46. The first-order valence-electron chi connectivity index (χ1n) is 5.22. The average Bonchev–Trinajstić information content (AvgIpc) is 2.88. The molecule has 94 valence electrons. The summed E-state index contributed by atoms with van der Waals surface area (Å²) < 4.78 is 14.9. The molecule has 0 spiro atoms. The zero-order chi connectivity index (χ0) is 13.1. The fraction of sp³-hybridized carbons (Fsp3) is 0.250. The Morgan fingerprint density at radius 2 is 2.06 bits per heavy atom. The van der Waals surface area contributed by atoms with Crippen molar-refractivity contribution in [1.29, 1.82) is 0 Å². The molecule has 0 fully saturated rings. The summed E-state index contributed by atoms with van der Waals surface area (Å²) in [5.74, 6) is 0.124. The SMILES string of the molecule is COC(=O)c1nnc(-c2ccc(C)c(OC)c2)o1. The molecule has 6 heteroatoms. The van der Waals surface area contributed by atoms with E-state index in [-0.39, 0.29) is 11.8 Å². The highest BCUT2D eigenvalue weighted by atomic mass is 16.5. The van der Waals surface area contributed by atoms with Crippen molar-refractivity contribution in [3.05, 3.63) is 29.7 Å². The lowest BCUT2D eigenvalue weighted by molar-refractivity contribution is 0.0556. The Morgan fingerprint density at radius 3 is 2.72 bits per heavy atom. The number of aromatic nitrogens is 2. The number of carbonyl (C=O) groups is 1. The molecule has 1 aromatic heterocycles. The summed E-state index contributed by atoms with van der Waals surface area (Å²) in [6.45, 7) is 1.93. The number of aryl methyl sites for hydroxylation is 1. The van der Waals surface area contributed by atoms with Gasteiger partial charge in [0.15, 0.2) is 0 Å². The van der Waals surface area contributed by atoms with Gasteiger partial charge in [0.25, 0.3) is 0 Å². The maximum absolute atomic E-state index is 11.2. The Hall–Kier alpha value is -2.37. The Labute approximate surface area is 104 Å². The van der Waals surface area contributed by atoms with E-state index in [4.69, 9.17) is 9.15 Å². The third-order valence-corrected chi connectivity index (χ3v) is 2.44. The summed E-state index contributed by atoms with van der Waals surface area (Å²) in [4.78, 5) is 11.2. The quantitative estimate of drug-likeness (QED) is 0.771. The van der Waals surface area contributed by atoms with Crippen LogP contribution in [0.4, 0.5) is 0 Å². The minimum Gasteiger partial charge on any atom is -0.496 e. The van der Waals surface area contributed by atoms with Gasteiger partial charge in [-0.15, -0.1) is 10.2 Å². The van der Waals surface area contributed by atoms with Crippen molar-refractivity contribution in [2.45, 2.75) is 6.92 Å². The second kappa shape index (κ2) is 4.87. The van der Waals surface area contributed by atoms with E-state index in [1.54, 1.807) is 13.2 Å². The van der Waals surface area contributed by atoms with Gasteiger partial charge in [-0.25, -0.2) is 4.79 Å². The van der Waals surface area contributed by atoms with Gasteiger partial charge in [-0.3, -0.25) is 0 Å². The van der Waals surface area contributed by atoms with Crippen LogP contribution >= 0.6 is 0 Å². The Kier molecular flexibility index (Phi) is 3.27. The van der Waals surface area contributed by atoms with Crippen LogP contribution in [0.15, 0.2) is 22.6 Å². The standard InChI is InChI=1S/C12H12N2O4/c1-7-4-5-8(6-9(7)16-2)10-13-14-11(18-10)12(15)17-3/h4-6H,1-3H3. The lowest BCUT2D eigenvalue weighted by Gasteiger charge is -2.04. The normalized spacial score (nSPS) is 10.2. The number of ether oxygens (including phenoxy) is 2. The van der Waals surface area contributed by atoms with Gasteiger partial charge >= 0.3 is 11.9 Å². The topological polar surface area (TPSA) is 74.5 Å². The highest BCUT2D eigenvalue weighted by Crippen LogP contribution is 2.25. The molecule has 1 heterocycles. The fourth-order valence-electron chi connectivity index (χ4n) is 1.46. The van der Waals surface area contributed by atoms with Gasteiger partial charge in [0, 0.05) is 5.56 Å². The van der Waals surface area contributed by atoms with Gasteiger partial charge in [-0.1, -0.05) is 6.07 Å². The molecule has 0 atom stereocenters. The summed E-state index contributed by atoms with van der Waals surface area (Å²) in [5, 5.41) is 7.40. The predicted molar refractivity (Wildman–Crippen MR) is 62.4 cm³/mol. The molecular formula is C12H12N2O4. The highest BCUT2D eigenvalue weighted by molar-refractivity contribution is 5.84. The summed E-state index contributed by atoms with van der Waals surface area (Å²) in [6, 6.07) is 5.45. The zero-order valence-electron chi connectivity index (χ0n) is 10.3. The van der Waals surface area contributed by atoms with Crippen molar-refractivity contribution in [2.75, 3.05) is 14.2 Å². The molecule has 2 aromatic rings. The number of benzene rings is 1. The zero-order valence-corrected chi connectivity index (χ0v) is 10.3. The third kappa shape index (κ3) is 2.17. The van der Waals surface area contributed by atoms with E-state index in [9.17, 15) is 4.79 Å². The molecule has 0 unspecified atom stereocenters. The molecule has 0 aliphatic carbocycles. The highest BCUT2D eigenvalue weighted by Gasteiger charge is 2.16. The van der Waals surface area contributed by atoms with Crippen molar-refractivity contribution in [3.8, 4) is 17.2 Å².